The summed E-state index contributed by atoms with van der Waals surface area (Å²) in [5, 5.41) is 2.77. The van der Waals surface area contributed by atoms with Gasteiger partial charge in [0.25, 0.3) is 5.91 Å². The number of aryl methyl sites for hydroxylation is 1. The van der Waals surface area contributed by atoms with Crippen LogP contribution in [0.1, 0.15) is 12.0 Å². The Hall–Kier alpha value is -2.89. The molecule has 1 heterocycles. The zero-order valence-corrected chi connectivity index (χ0v) is 13.7. The van der Waals surface area contributed by atoms with Crippen LogP contribution < -0.4 is 15.0 Å². The summed E-state index contributed by atoms with van der Waals surface area (Å²) >= 11 is 0. The van der Waals surface area contributed by atoms with E-state index < -0.39 is 0 Å². The minimum atomic E-state index is -0.300. The first kappa shape index (κ1) is 17.0. The molecule has 2 aromatic carbocycles. The van der Waals surface area contributed by atoms with Crippen LogP contribution in [0.4, 0.5) is 10.1 Å². The van der Waals surface area contributed by atoms with E-state index in [0.717, 1.165) is 0 Å². The molecular formula is C19H19FN2O3. The summed E-state index contributed by atoms with van der Waals surface area (Å²) in [5.74, 6) is 0.0513. The number of benzene rings is 2. The fraction of sp³-hybridized carbons (Fsp3) is 0.263. The summed E-state index contributed by atoms with van der Waals surface area (Å²) in [6.45, 7) is 0.694. The predicted molar refractivity (Wildman–Crippen MR) is 92.0 cm³/mol. The number of para-hydroxylation sites is 2. The summed E-state index contributed by atoms with van der Waals surface area (Å²) in [6, 6.07) is 13.7. The number of ether oxygens (including phenoxy) is 1. The third kappa shape index (κ3) is 4.15. The van der Waals surface area contributed by atoms with E-state index in [2.05, 4.69) is 5.32 Å². The second-order valence-electron chi connectivity index (χ2n) is 5.74. The standard InChI is InChI=1S/C19H19FN2O3/c20-15-6-2-1-5-14(15)9-10-18(23)21-11-12-22-16-7-3-4-8-17(16)25-13-19(22)24/h1-8H,9-13H2,(H,21,23). The Bertz CT molecular complexity index is 779. The fourth-order valence-electron chi connectivity index (χ4n) is 2.74. The van der Waals surface area contributed by atoms with Crippen LogP contribution in [0.2, 0.25) is 0 Å². The van der Waals surface area contributed by atoms with Gasteiger partial charge in [-0.3, -0.25) is 9.59 Å². The van der Waals surface area contributed by atoms with E-state index in [1.165, 1.54) is 6.07 Å². The normalized spacial score (nSPS) is 13.2. The molecule has 2 aromatic rings. The molecule has 1 aliphatic heterocycles. The third-order valence-corrected chi connectivity index (χ3v) is 4.05. The van der Waals surface area contributed by atoms with Crippen molar-refractivity contribution in [3.8, 4) is 5.75 Å². The van der Waals surface area contributed by atoms with E-state index in [1.807, 2.05) is 24.3 Å². The van der Waals surface area contributed by atoms with Gasteiger partial charge in [0, 0.05) is 19.5 Å². The molecule has 3 rings (SSSR count). The summed E-state index contributed by atoms with van der Waals surface area (Å²) in [4.78, 5) is 25.6. The molecule has 0 radical (unpaired) electrons. The summed E-state index contributed by atoms with van der Waals surface area (Å²) in [5.41, 5.74) is 1.23. The second-order valence-corrected chi connectivity index (χ2v) is 5.74. The van der Waals surface area contributed by atoms with Gasteiger partial charge in [0.2, 0.25) is 5.91 Å². The van der Waals surface area contributed by atoms with Crippen molar-refractivity contribution in [2.45, 2.75) is 12.8 Å². The molecule has 5 nitrogen and oxygen atoms in total. The molecule has 2 amide bonds. The van der Waals surface area contributed by atoms with Gasteiger partial charge in [-0.1, -0.05) is 30.3 Å². The first-order chi connectivity index (χ1) is 12.1. The van der Waals surface area contributed by atoms with E-state index in [1.54, 1.807) is 23.1 Å². The van der Waals surface area contributed by atoms with Gasteiger partial charge < -0.3 is 15.0 Å². The molecule has 0 aromatic heterocycles. The van der Waals surface area contributed by atoms with Gasteiger partial charge in [0.1, 0.15) is 11.6 Å². The average molecular weight is 342 g/mol. The highest BCUT2D eigenvalue weighted by Crippen LogP contribution is 2.30. The minimum Gasteiger partial charge on any atom is -0.482 e. The molecule has 0 fully saturated rings. The van der Waals surface area contributed by atoms with Gasteiger partial charge in [-0.15, -0.1) is 0 Å². The molecule has 0 spiro atoms. The number of fused-ring (bicyclic) bond motifs is 1. The van der Waals surface area contributed by atoms with Crippen LogP contribution in [-0.4, -0.2) is 31.5 Å². The lowest BCUT2D eigenvalue weighted by atomic mass is 10.1. The van der Waals surface area contributed by atoms with Crippen molar-refractivity contribution in [1.29, 1.82) is 0 Å². The van der Waals surface area contributed by atoms with Crippen LogP contribution in [0, 0.1) is 5.82 Å². The van der Waals surface area contributed by atoms with Gasteiger partial charge in [0.15, 0.2) is 6.61 Å². The number of carbonyl (C=O) groups excluding carboxylic acids is 2. The molecule has 25 heavy (non-hydrogen) atoms. The van der Waals surface area contributed by atoms with Crippen LogP contribution in [-0.2, 0) is 16.0 Å². The minimum absolute atomic E-state index is 0.00174. The lowest BCUT2D eigenvalue weighted by Crippen LogP contribution is -2.43. The number of carbonyl (C=O) groups is 2. The zero-order chi connectivity index (χ0) is 17.6. The summed E-state index contributed by atoms with van der Waals surface area (Å²) in [6.07, 6.45) is 0.548. The van der Waals surface area contributed by atoms with Crippen molar-refractivity contribution in [1.82, 2.24) is 5.32 Å². The molecule has 1 N–H and O–H groups in total. The Labute approximate surface area is 145 Å². The first-order valence-electron chi connectivity index (χ1n) is 8.17. The summed E-state index contributed by atoms with van der Waals surface area (Å²) < 4.78 is 18.9. The molecule has 0 aliphatic carbocycles. The van der Waals surface area contributed by atoms with E-state index in [-0.39, 0.29) is 30.7 Å². The molecule has 130 valence electrons. The lowest BCUT2D eigenvalue weighted by Gasteiger charge is -2.29. The Morgan fingerprint density at radius 1 is 1.16 bits per heavy atom. The number of nitrogens with zero attached hydrogens (tertiary/aromatic N) is 1. The van der Waals surface area contributed by atoms with E-state index in [4.69, 9.17) is 4.74 Å². The van der Waals surface area contributed by atoms with E-state index in [0.29, 0.717) is 36.5 Å². The van der Waals surface area contributed by atoms with Crippen molar-refractivity contribution >= 4 is 17.5 Å². The van der Waals surface area contributed by atoms with Gasteiger partial charge in [-0.05, 0) is 30.2 Å². The highest BCUT2D eigenvalue weighted by atomic mass is 19.1. The van der Waals surface area contributed by atoms with Gasteiger partial charge >= 0.3 is 0 Å². The van der Waals surface area contributed by atoms with Crippen LogP contribution in [0.15, 0.2) is 48.5 Å². The molecule has 1 aliphatic rings. The molecule has 0 atom stereocenters. The quantitative estimate of drug-likeness (QED) is 0.876. The smallest absolute Gasteiger partial charge is 0.265 e. The molecule has 6 heteroatoms. The van der Waals surface area contributed by atoms with Gasteiger partial charge in [-0.25, -0.2) is 4.39 Å². The monoisotopic (exact) mass is 342 g/mol. The number of amides is 2. The van der Waals surface area contributed by atoms with Gasteiger partial charge in [-0.2, -0.15) is 0 Å². The maximum absolute atomic E-state index is 13.5. The van der Waals surface area contributed by atoms with Crippen LogP contribution in [0.3, 0.4) is 0 Å². The van der Waals surface area contributed by atoms with Crippen molar-refractivity contribution in [2.75, 3.05) is 24.6 Å². The number of nitrogens with one attached hydrogen (secondary N) is 1. The number of hydrogen-bond acceptors (Lipinski definition) is 3. The fourth-order valence-corrected chi connectivity index (χ4v) is 2.74. The Kier molecular flexibility index (Phi) is 5.28. The Morgan fingerprint density at radius 2 is 1.92 bits per heavy atom. The predicted octanol–water partition coefficient (Wildman–Crippen LogP) is 2.30. The topological polar surface area (TPSA) is 58.6 Å². The molecule has 0 saturated carbocycles. The van der Waals surface area contributed by atoms with Crippen molar-refractivity contribution in [3.63, 3.8) is 0 Å². The third-order valence-electron chi connectivity index (χ3n) is 4.05. The van der Waals surface area contributed by atoms with E-state index >= 15 is 0 Å². The zero-order valence-electron chi connectivity index (χ0n) is 13.7. The maximum atomic E-state index is 13.5. The van der Waals surface area contributed by atoms with Gasteiger partial charge in [0.05, 0.1) is 5.69 Å². The molecule has 0 bridgehead atoms. The van der Waals surface area contributed by atoms with Crippen molar-refractivity contribution < 1.29 is 18.7 Å². The van der Waals surface area contributed by atoms with Crippen LogP contribution in [0.5, 0.6) is 5.75 Å². The Morgan fingerprint density at radius 3 is 2.76 bits per heavy atom. The van der Waals surface area contributed by atoms with Crippen molar-refractivity contribution in [3.05, 3.63) is 59.9 Å². The highest BCUT2D eigenvalue weighted by Gasteiger charge is 2.24. The first-order valence-corrected chi connectivity index (χ1v) is 8.17. The number of halogens is 1. The molecule has 0 unspecified atom stereocenters. The lowest BCUT2D eigenvalue weighted by molar-refractivity contribution is -0.122. The highest BCUT2D eigenvalue weighted by molar-refractivity contribution is 5.97. The van der Waals surface area contributed by atoms with Crippen molar-refractivity contribution in [2.24, 2.45) is 0 Å². The Balaban J connectivity index is 1.49. The van der Waals surface area contributed by atoms with E-state index in [9.17, 15) is 14.0 Å². The SMILES string of the molecule is O=C(CCc1ccccc1F)NCCN1C(=O)COc2ccccc21. The number of rotatable bonds is 6. The summed E-state index contributed by atoms with van der Waals surface area (Å²) in [7, 11) is 0. The van der Waals surface area contributed by atoms with Crippen LogP contribution >= 0.6 is 0 Å². The number of anilines is 1. The molecule has 0 saturated heterocycles. The largest absolute Gasteiger partial charge is 0.482 e. The number of hydrogen-bond donors (Lipinski definition) is 1. The molecular weight excluding hydrogens is 323 g/mol. The average Bonchev–Trinajstić information content (AvgIpc) is 2.63. The maximum Gasteiger partial charge on any atom is 0.265 e. The second kappa shape index (κ2) is 7.79. The van der Waals surface area contributed by atoms with Crippen LogP contribution in [0.25, 0.3) is 0 Å².